The van der Waals surface area contributed by atoms with E-state index in [1.54, 1.807) is 13.0 Å². The van der Waals surface area contributed by atoms with Gasteiger partial charge < -0.3 is 10.0 Å². The van der Waals surface area contributed by atoms with Crippen LogP contribution in [0.4, 0.5) is 11.5 Å². The number of hydrogen-bond donors (Lipinski definition) is 1. The number of anilines is 1. The van der Waals surface area contributed by atoms with Gasteiger partial charge in [-0.3, -0.25) is 10.1 Å². The van der Waals surface area contributed by atoms with Crippen LogP contribution in [0.3, 0.4) is 0 Å². The molecule has 0 radical (unpaired) electrons. The minimum absolute atomic E-state index is 0.0247. The Morgan fingerprint density at radius 3 is 2.63 bits per heavy atom. The molecular weight excluding hydrogens is 246 g/mol. The minimum Gasteiger partial charge on any atom is -0.388 e. The Hall–Kier alpha value is -1.69. The molecular formula is C13H19N3O3. The fraction of sp³-hybridized carbons (Fsp3) is 0.615. The van der Waals surface area contributed by atoms with E-state index in [1.165, 1.54) is 6.07 Å². The van der Waals surface area contributed by atoms with Crippen molar-refractivity contribution < 1.29 is 10.0 Å². The van der Waals surface area contributed by atoms with Crippen molar-refractivity contribution in [1.82, 2.24) is 4.98 Å². The molecule has 6 nitrogen and oxygen atoms in total. The van der Waals surface area contributed by atoms with Gasteiger partial charge in [0.2, 0.25) is 0 Å². The summed E-state index contributed by atoms with van der Waals surface area (Å²) in [5.41, 5.74) is -0.226. The smallest absolute Gasteiger partial charge is 0.290 e. The maximum atomic E-state index is 10.7. The lowest BCUT2D eigenvalue weighted by Gasteiger charge is -2.29. The molecule has 0 amide bonds. The first kappa shape index (κ1) is 13.7. The summed E-state index contributed by atoms with van der Waals surface area (Å²) in [7, 11) is 1.85. The Kier molecular flexibility index (Phi) is 3.71. The third-order valence-corrected chi connectivity index (χ3v) is 3.70. The molecule has 1 aliphatic rings. The maximum Gasteiger partial charge on any atom is 0.290 e. The van der Waals surface area contributed by atoms with Gasteiger partial charge in [-0.25, -0.2) is 4.98 Å². The van der Waals surface area contributed by atoms with E-state index in [0.717, 1.165) is 25.7 Å². The van der Waals surface area contributed by atoms with E-state index >= 15 is 0 Å². The van der Waals surface area contributed by atoms with E-state index < -0.39 is 10.5 Å². The second-order valence-electron chi connectivity index (χ2n) is 5.32. The molecule has 0 atom stereocenters. The predicted molar refractivity (Wildman–Crippen MR) is 72.3 cm³/mol. The van der Waals surface area contributed by atoms with Crippen LogP contribution in [0, 0.1) is 17.0 Å². The van der Waals surface area contributed by atoms with Crippen LogP contribution in [0.15, 0.2) is 12.1 Å². The monoisotopic (exact) mass is 265 g/mol. The van der Waals surface area contributed by atoms with Crippen LogP contribution < -0.4 is 4.90 Å². The van der Waals surface area contributed by atoms with Crippen molar-refractivity contribution in [3.8, 4) is 0 Å². The Balaban J connectivity index is 2.13. The van der Waals surface area contributed by atoms with Gasteiger partial charge in [-0.1, -0.05) is 12.8 Å². The lowest BCUT2D eigenvalue weighted by molar-refractivity contribution is -0.385. The molecule has 1 aliphatic carbocycles. The number of aliphatic hydroxyl groups is 1. The third kappa shape index (κ3) is 3.01. The van der Waals surface area contributed by atoms with E-state index in [2.05, 4.69) is 4.98 Å². The van der Waals surface area contributed by atoms with Gasteiger partial charge in [-0.2, -0.15) is 0 Å². The maximum absolute atomic E-state index is 10.7. The van der Waals surface area contributed by atoms with Crippen molar-refractivity contribution in [2.24, 2.45) is 0 Å². The summed E-state index contributed by atoms with van der Waals surface area (Å²) in [5.74, 6) is 0.656. The van der Waals surface area contributed by atoms with Gasteiger partial charge in [0.05, 0.1) is 10.5 Å². The average molecular weight is 265 g/mol. The topological polar surface area (TPSA) is 79.5 Å². The molecule has 0 bridgehead atoms. The molecule has 0 saturated heterocycles. The summed E-state index contributed by atoms with van der Waals surface area (Å²) in [6.07, 6.45) is 3.72. The zero-order chi connectivity index (χ0) is 14.0. The molecule has 0 unspecified atom stereocenters. The number of nitrogens with zero attached hydrogens (tertiary/aromatic N) is 3. The molecule has 0 spiro atoms. The van der Waals surface area contributed by atoms with Gasteiger partial charge in [-0.05, 0) is 25.8 Å². The van der Waals surface area contributed by atoms with E-state index in [4.69, 9.17) is 0 Å². The van der Waals surface area contributed by atoms with Gasteiger partial charge >= 0.3 is 0 Å². The summed E-state index contributed by atoms with van der Waals surface area (Å²) >= 11 is 0. The lowest BCUT2D eigenvalue weighted by atomic mass is 10.0. The van der Waals surface area contributed by atoms with Crippen LogP contribution >= 0.6 is 0 Å². The second kappa shape index (κ2) is 5.13. The Labute approximate surface area is 112 Å². The summed E-state index contributed by atoms with van der Waals surface area (Å²) < 4.78 is 0. The molecule has 1 heterocycles. The summed E-state index contributed by atoms with van der Waals surface area (Å²) in [6, 6.07) is 3.09. The second-order valence-corrected chi connectivity index (χ2v) is 5.32. The summed E-state index contributed by atoms with van der Waals surface area (Å²) in [6.45, 7) is 2.14. The van der Waals surface area contributed by atoms with E-state index in [1.807, 2.05) is 11.9 Å². The van der Waals surface area contributed by atoms with Crippen molar-refractivity contribution in [1.29, 1.82) is 0 Å². The zero-order valence-corrected chi connectivity index (χ0v) is 11.3. The first-order valence-electron chi connectivity index (χ1n) is 6.47. The molecule has 2 rings (SSSR count). The van der Waals surface area contributed by atoms with Gasteiger partial charge in [0, 0.05) is 19.7 Å². The number of likely N-dealkylation sites (N-methyl/N-ethyl adjacent to an activating group) is 1. The molecule has 1 saturated carbocycles. The molecule has 1 N–H and O–H groups in total. The van der Waals surface area contributed by atoms with Crippen molar-refractivity contribution in [2.75, 3.05) is 18.5 Å². The Morgan fingerprint density at radius 1 is 1.47 bits per heavy atom. The highest BCUT2D eigenvalue weighted by Crippen LogP contribution is 2.31. The quantitative estimate of drug-likeness (QED) is 0.665. The highest BCUT2D eigenvalue weighted by molar-refractivity contribution is 5.46. The van der Waals surface area contributed by atoms with Gasteiger partial charge in [0.15, 0.2) is 0 Å². The van der Waals surface area contributed by atoms with Crippen molar-refractivity contribution in [2.45, 2.75) is 38.2 Å². The first-order valence-corrected chi connectivity index (χ1v) is 6.47. The average Bonchev–Trinajstić information content (AvgIpc) is 2.75. The molecule has 19 heavy (non-hydrogen) atoms. The highest BCUT2D eigenvalue weighted by Gasteiger charge is 2.32. The standard InChI is InChI=1S/C13H19N3O3/c1-10-11(16(18)19)5-6-12(14-10)15(2)9-13(17)7-3-4-8-13/h5-6,17H,3-4,7-9H2,1-2H3. The van der Waals surface area contributed by atoms with Crippen LogP contribution in [0.5, 0.6) is 0 Å². The minimum atomic E-state index is -0.647. The zero-order valence-electron chi connectivity index (χ0n) is 11.3. The number of rotatable bonds is 4. The molecule has 0 aliphatic heterocycles. The summed E-state index contributed by atoms with van der Waals surface area (Å²) in [4.78, 5) is 16.4. The Bertz CT molecular complexity index is 484. The lowest BCUT2D eigenvalue weighted by Crippen LogP contribution is -2.39. The van der Waals surface area contributed by atoms with Crippen LogP contribution in [-0.4, -0.2) is 34.2 Å². The van der Waals surface area contributed by atoms with Crippen LogP contribution in [0.1, 0.15) is 31.4 Å². The van der Waals surface area contributed by atoms with E-state index in [0.29, 0.717) is 18.1 Å². The largest absolute Gasteiger partial charge is 0.388 e. The van der Waals surface area contributed by atoms with Gasteiger partial charge in [0.25, 0.3) is 5.69 Å². The number of pyridine rings is 1. The molecule has 1 aromatic rings. The number of aromatic nitrogens is 1. The van der Waals surface area contributed by atoms with Crippen LogP contribution in [0.25, 0.3) is 0 Å². The molecule has 1 fully saturated rings. The fourth-order valence-electron chi connectivity index (χ4n) is 2.66. The van der Waals surface area contributed by atoms with Crippen LogP contribution in [0.2, 0.25) is 0 Å². The SMILES string of the molecule is Cc1nc(N(C)CC2(O)CCCC2)ccc1[N+](=O)[O-]. The predicted octanol–water partition coefficient (Wildman–Crippen LogP) is 2.04. The normalized spacial score (nSPS) is 17.4. The Morgan fingerprint density at radius 2 is 2.11 bits per heavy atom. The van der Waals surface area contributed by atoms with Gasteiger partial charge in [0.1, 0.15) is 11.5 Å². The first-order chi connectivity index (χ1) is 8.91. The van der Waals surface area contributed by atoms with Gasteiger partial charge in [-0.15, -0.1) is 0 Å². The summed E-state index contributed by atoms with van der Waals surface area (Å²) in [5, 5.41) is 21.1. The molecule has 104 valence electrons. The van der Waals surface area contributed by atoms with Crippen molar-refractivity contribution in [3.05, 3.63) is 27.9 Å². The number of aryl methyl sites for hydroxylation is 1. The number of nitro groups is 1. The third-order valence-electron chi connectivity index (χ3n) is 3.70. The molecule has 0 aromatic carbocycles. The van der Waals surface area contributed by atoms with E-state index in [-0.39, 0.29) is 5.69 Å². The highest BCUT2D eigenvalue weighted by atomic mass is 16.6. The van der Waals surface area contributed by atoms with Crippen LogP contribution in [-0.2, 0) is 0 Å². The van der Waals surface area contributed by atoms with Crippen molar-refractivity contribution in [3.63, 3.8) is 0 Å². The fourth-order valence-corrected chi connectivity index (χ4v) is 2.66. The molecule has 1 aromatic heterocycles. The molecule has 6 heteroatoms. The van der Waals surface area contributed by atoms with E-state index in [9.17, 15) is 15.2 Å². The van der Waals surface area contributed by atoms with Crippen molar-refractivity contribution >= 4 is 11.5 Å². The number of hydrogen-bond acceptors (Lipinski definition) is 5.